The van der Waals surface area contributed by atoms with Crippen LogP contribution < -0.4 is 0 Å². The Morgan fingerprint density at radius 1 is 1.00 bits per heavy atom. The molecule has 20 heavy (non-hydrogen) atoms. The van der Waals surface area contributed by atoms with E-state index in [4.69, 9.17) is 0 Å². The van der Waals surface area contributed by atoms with Crippen LogP contribution in [0.4, 0.5) is 0 Å². The number of hydrogen-bond acceptors (Lipinski definition) is 1. The molecule has 1 heterocycles. The van der Waals surface area contributed by atoms with Crippen molar-refractivity contribution >= 4 is 0 Å². The zero-order valence-corrected chi connectivity index (χ0v) is 14.1. The third-order valence-corrected chi connectivity index (χ3v) is 7.48. The molecule has 3 fully saturated rings. The van der Waals surface area contributed by atoms with Gasteiger partial charge in [-0.2, -0.15) is 0 Å². The van der Waals surface area contributed by atoms with Gasteiger partial charge in [-0.1, -0.05) is 52.9 Å². The van der Waals surface area contributed by atoms with E-state index in [2.05, 4.69) is 25.7 Å². The van der Waals surface area contributed by atoms with Crippen LogP contribution in [0.15, 0.2) is 0 Å². The molecule has 2 aliphatic carbocycles. The average Bonchev–Trinajstić information content (AvgIpc) is 2.57. The fourth-order valence-electron chi connectivity index (χ4n) is 5.39. The first-order chi connectivity index (χ1) is 9.51. The molecular formula is C19H35N. The van der Waals surface area contributed by atoms with Gasteiger partial charge in [0.25, 0.3) is 0 Å². The summed E-state index contributed by atoms with van der Waals surface area (Å²) in [4.78, 5) is 2.81. The lowest BCUT2D eigenvalue weighted by molar-refractivity contribution is -0.0184. The van der Waals surface area contributed by atoms with Crippen molar-refractivity contribution in [2.24, 2.45) is 22.7 Å². The van der Waals surface area contributed by atoms with Crippen molar-refractivity contribution < 1.29 is 0 Å². The van der Waals surface area contributed by atoms with Crippen LogP contribution in [0.5, 0.6) is 0 Å². The summed E-state index contributed by atoms with van der Waals surface area (Å²) in [6.45, 7) is 11.7. The molecule has 0 aromatic heterocycles. The molecule has 3 rings (SSSR count). The molecule has 0 spiro atoms. The summed E-state index contributed by atoms with van der Waals surface area (Å²) in [6.07, 6.45) is 13.4. The summed E-state index contributed by atoms with van der Waals surface area (Å²) in [5.74, 6) is 2.02. The standard InChI is InChI=1S/C19H35N/c1-18(2)17-11-12-19(18,3)15-20(14-17)13-7-10-16-8-5-4-6-9-16/h16-17H,4-15H2,1-3H3. The van der Waals surface area contributed by atoms with Gasteiger partial charge in [0, 0.05) is 13.1 Å². The summed E-state index contributed by atoms with van der Waals surface area (Å²) in [5.41, 5.74) is 1.16. The van der Waals surface area contributed by atoms with Crippen molar-refractivity contribution in [1.29, 1.82) is 0 Å². The maximum absolute atomic E-state index is 2.81. The Labute approximate surface area is 126 Å². The van der Waals surface area contributed by atoms with E-state index < -0.39 is 0 Å². The summed E-state index contributed by atoms with van der Waals surface area (Å²) < 4.78 is 0. The minimum absolute atomic E-state index is 0.576. The van der Waals surface area contributed by atoms with Gasteiger partial charge in [0.1, 0.15) is 0 Å². The smallest absolute Gasteiger partial charge is 0.00407 e. The van der Waals surface area contributed by atoms with Gasteiger partial charge in [-0.15, -0.1) is 0 Å². The molecule has 0 N–H and O–H groups in total. The molecule has 3 aliphatic rings. The second-order valence-electron chi connectivity index (χ2n) is 8.90. The molecule has 1 nitrogen and oxygen atoms in total. The molecule has 2 bridgehead atoms. The molecular weight excluding hydrogens is 242 g/mol. The molecule has 2 atom stereocenters. The SMILES string of the molecule is CC12CCC(CN(CCCC3CCCCC3)C1)C2(C)C. The molecule has 0 amide bonds. The van der Waals surface area contributed by atoms with Crippen LogP contribution in [0.3, 0.4) is 0 Å². The van der Waals surface area contributed by atoms with E-state index in [0.717, 1.165) is 11.8 Å². The first-order valence-electron chi connectivity index (χ1n) is 9.24. The minimum Gasteiger partial charge on any atom is -0.302 e. The number of piperidine rings is 1. The lowest BCUT2D eigenvalue weighted by Crippen LogP contribution is -2.52. The van der Waals surface area contributed by atoms with Crippen molar-refractivity contribution in [2.45, 2.75) is 78.6 Å². The highest BCUT2D eigenvalue weighted by Gasteiger charge is 2.55. The van der Waals surface area contributed by atoms with Gasteiger partial charge >= 0.3 is 0 Å². The molecule has 0 radical (unpaired) electrons. The Bertz CT molecular complexity index is 329. The minimum atomic E-state index is 0.576. The first-order valence-corrected chi connectivity index (χ1v) is 9.24. The highest BCUT2D eigenvalue weighted by Crippen LogP contribution is 2.58. The lowest BCUT2D eigenvalue weighted by atomic mass is 9.63. The number of rotatable bonds is 4. The Morgan fingerprint density at radius 2 is 1.75 bits per heavy atom. The van der Waals surface area contributed by atoms with E-state index in [-0.39, 0.29) is 0 Å². The van der Waals surface area contributed by atoms with E-state index in [1.165, 1.54) is 77.4 Å². The predicted octanol–water partition coefficient (Wildman–Crippen LogP) is 5.11. The molecule has 116 valence electrons. The van der Waals surface area contributed by atoms with Gasteiger partial charge in [0.15, 0.2) is 0 Å². The zero-order valence-electron chi connectivity index (χ0n) is 14.1. The van der Waals surface area contributed by atoms with Crippen LogP contribution in [0.2, 0.25) is 0 Å². The largest absolute Gasteiger partial charge is 0.302 e. The third-order valence-electron chi connectivity index (χ3n) is 7.48. The van der Waals surface area contributed by atoms with E-state index in [1.54, 1.807) is 0 Å². The van der Waals surface area contributed by atoms with Gasteiger partial charge in [-0.05, 0) is 54.9 Å². The Kier molecular flexibility index (Phi) is 4.19. The highest BCUT2D eigenvalue weighted by molar-refractivity contribution is 5.05. The van der Waals surface area contributed by atoms with Crippen LogP contribution in [0.1, 0.15) is 78.6 Å². The topological polar surface area (TPSA) is 3.24 Å². The normalized spacial score (nSPS) is 38.2. The summed E-state index contributed by atoms with van der Waals surface area (Å²) in [7, 11) is 0. The first kappa shape index (κ1) is 14.9. The van der Waals surface area contributed by atoms with Gasteiger partial charge in [0.05, 0.1) is 0 Å². The zero-order chi connectivity index (χ0) is 14.2. The Morgan fingerprint density at radius 3 is 2.45 bits per heavy atom. The van der Waals surface area contributed by atoms with Gasteiger partial charge in [-0.25, -0.2) is 0 Å². The quantitative estimate of drug-likeness (QED) is 0.690. The van der Waals surface area contributed by atoms with Crippen molar-refractivity contribution in [3.8, 4) is 0 Å². The van der Waals surface area contributed by atoms with Crippen molar-refractivity contribution in [1.82, 2.24) is 4.90 Å². The van der Waals surface area contributed by atoms with E-state index >= 15 is 0 Å². The van der Waals surface area contributed by atoms with Crippen molar-refractivity contribution in [2.75, 3.05) is 19.6 Å². The second-order valence-corrected chi connectivity index (χ2v) is 8.90. The lowest BCUT2D eigenvalue weighted by Gasteiger charge is -2.50. The fraction of sp³-hybridized carbons (Fsp3) is 1.00. The van der Waals surface area contributed by atoms with E-state index in [9.17, 15) is 0 Å². The molecule has 2 unspecified atom stereocenters. The monoisotopic (exact) mass is 277 g/mol. The Hall–Kier alpha value is -0.0400. The number of likely N-dealkylation sites (tertiary alicyclic amines) is 1. The highest BCUT2D eigenvalue weighted by atomic mass is 15.2. The molecule has 0 aromatic rings. The third kappa shape index (κ3) is 2.67. The average molecular weight is 277 g/mol. The summed E-state index contributed by atoms with van der Waals surface area (Å²) in [6, 6.07) is 0. The fourth-order valence-corrected chi connectivity index (χ4v) is 5.39. The van der Waals surface area contributed by atoms with E-state index in [1.807, 2.05) is 0 Å². The maximum Gasteiger partial charge on any atom is 0.00407 e. The molecule has 1 heteroatoms. The van der Waals surface area contributed by atoms with Crippen molar-refractivity contribution in [3.63, 3.8) is 0 Å². The van der Waals surface area contributed by atoms with Crippen LogP contribution in [-0.4, -0.2) is 24.5 Å². The van der Waals surface area contributed by atoms with Gasteiger partial charge in [0.2, 0.25) is 0 Å². The molecule has 0 aromatic carbocycles. The molecule has 2 saturated carbocycles. The second kappa shape index (κ2) is 5.63. The maximum atomic E-state index is 2.81. The van der Waals surface area contributed by atoms with E-state index in [0.29, 0.717) is 10.8 Å². The predicted molar refractivity (Wildman–Crippen MR) is 86.9 cm³/mol. The van der Waals surface area contributed by atoms with Crippen LogP contribution in [-0.2, 0) is 0 Å². The summed E-state index contributed by atoms with van der Waals surface area (Å²) in [5, 5.41) is 0. The van der Waals surface area contributed by atoms with Crippen LogP contribution in [0.25, 0.3) is 0 Å². The molecule has 1 aliphatic heterocycles. The number of hydrogen-bond donors (Lipinski definition) is 0. The summed E-state index contributed by atoms with van der Waals surface area (Å²) >= 11 is 0. The van der Waals surface area contributed by atoms with Crippen LogP contribution in [0, 0.1) is 22.7 Å². The van der Waals surface area contributed by atoms with Gasteiger partial charge < -0.3 is 4.90 Å². The van der Waals surface area contributed by atoms with Crippen LogP contribution >= 0.6 is 0 Å². The van der Waals surface area contributed by atoms with Gasteiger partial charge in [-0.3, -0.25) is 0 Å². The number of nitrogens with zero attached hydrogens (tertiary/aromatic N) is 1. The van der Waals surface area contributed by atoms with Crippen molar-refractivity contribution in [3.05, 3.63) is 0 Å². The molecule has 1 saturated heterocycles. The Balaban J connectivity index is 1.46. The number of fused-ring (bicyclic) bond motifs is 2.